The van der Waals surface area contributed by atoms with Crippen LogP contribution >= 0.6 is 0 Å². The van der Waals surface area contributed by atoms with Crippen molar-refractivity contribution in [3.8, 4) is 0 Å². The van der Waals surface area contributed by atoms with Crippen molar-refractivity contribution in [1.82, 2.24) is 35.3 Å². The second-order valence-electron chi connectivity index (χ2n) is 7.69. The van der Waals surface area contributed by atoms with Crippen molar-refractivity contribution in [2.75, 3.05) is 11.9 Å². The normalized spacial score (nSPS) is 12.1. The minimum atomic E-state index is -1.34. The fourth-order valence-electron chi connectivity index (χ4n) is 3.00. The number of nitrogens with two attached hydrogens (primary N) is 2. The molecule has 0 radical (unpaired) electrons. The summed E-state index contributed by atoms with van der Waals surface area (Å²) in [6, 6.07) is 7.91. The quantitative estimate of drug-likeness (QED) is 0.156. The van der Waals surface area contributed by atoms with Crippen molar-refractivity contribution < 1.29 is 18.4 Å². The largest absolute Gasteiger partial charge is 0.393 e. The minimum absolute atomic E-state index is 0.00226. The van der Waals surface area contributed by atoms with Gasteiger partial charge in [0.05, 0.1) is 31.4 Å². The third-order valence-electron chi connectivity index (χ3n) is 4.78. The van der Waals surface area contributed by atoms with Crippen LogP contribution in [0.15, 0.2) is 60.8 Å². The van der Waals surface area contributed by atoms with Gasteiger partial charge in [0.15, 0.2) is 5.82 Å². The summed E-state index contributed by atoms with van der Waals surface area (Å²) >= 11 is 0. The van der Waals surface area contributed by atoms with Crippen LogP contribution in [0.3, 0.4) is 0 Å². The van der Waals surface area contributed by atoms with Gasteiger partial charge in [-0.3, -0.25) is 19.6 Å². The topological polar surface area (TPSA) is 170 Å². The maximum Gasteiger partial charge on any atom is 0.269 e. The van der Waals surface area contributed by atoms with Gasteiger partial charge >= 0.3 is 0 Å². The molecule has 0 aliphatic rings. The number of hydrazine groups is 1. The molecule has 0 aliphatic carbocycles. The van der Waals surface area contributed by atoms with E-state index in [1.54, 1.807) is 24.4 Å². The Bertz CT molecular complexity index is 1190. The van der Waals surface area contributed by atoms with E-state index in [-0.39, 0.29) is 55.6 Å². The number of nitrogens with one attached hydrogen (secondary N) is 2. The summed E-state index contributed by atoms with van der Waals surface area (Å²) in [5.41, 5.74) is 6.14. The molecule has 3 aromatic rings. The SMILES string of the molecule is N/C(=C\N(N)CCC(F)Cn1cc(NC(=O)Cc2ccccn2)nn1)C(=O)NCc1ncccc1F. The predicted octanol–water partition coefficient (Wildman–Crippen LogP) is 0.409. The van der Waals surface area contributed by atoms with Gasteiger partial charge in [0.2, 0.25) is 5.91 Å². The molecule has 0 saturated heterocycles. The van der Waals surface area contributed by atoms with Crippen LogP contribution in [0.1, 0.15) is 17.8 Å². The Morgan fingerprint density at radius 1 is 1.19 bits per heavy atom. The smallest absolute Gasteiger partial charge is 0.269 e. The van der Waals surface area contributed by atoms with E-state index in [0.717, 1.165) is 11.2 Å². The second kappa shape index (κ2) is 12.9. The molecular formula is C22H26F2N10O2. The maximum atomic E-state index is 14.4. The van der Waals surface area contributed by atoms with E-state index in [0.29, 0.717) is 5.69 Å². The predicted molar refractivity (Wildman–Crippen MR) is 125 cm³/mol. The van der Waals surface area contributed by atoms with Crippen LogP contribution in [0.5, 0.6) is 0 Å². The van der Waals surface area contributed by atoms with Gasteiger partial charge in [0, 0.05) is 30.8 Å². The fraction of sp³-hybridized carbons (Fsp3) is 0.273. The summed E-state index contributed by atoms with van der Waals surface area (Å²) in [7, 11) is 0. The van der Waals surface area contributed by atoms with Gasteiger partial charge in [-0.2, -0.15) is 0 Å². The van der Waals surface area contributed by atoms with E-state index in [1.165, 1.54) is 29.2 Å². The lowest BCUT2D eigenvalue weighted by atomic mass is 10.2. The van der Waals surface area contributed by atoms with Crippen LogP contribution in [0.2, 0.25) is 0 Å². The molecule has 12 nitrogen and oxygen atoms in total. The van der Waals surface area contributed by atoms with Crippen LogP contribution in [0.4, 0.5) is 14.6 Å². The number of anilines is 1. The number of aromatic nitrogens is 5. The van der Waals surface area contributed by atoms with Crippen molar-refractivity contribution in [3.63, 3.8) is 0 Å². The van der Waals surface area contributed by atoms with Gasteiger partial charge in [-0.25, -0.2) is 19.3 Å². The monoisotopic (exact) mass is 500 g/mol. The van der Waals surface area contributed by atoms with E-state index in [1.807, 2.05) is 0 Å². The van der Waals surface area contributed by atoms with E-state index in [4.69, 9.17) is 11.6 Å². The average molecular weight is 501 g/mol. The maximum absolute atomic E-state index is 14.4. The molecule has 3 aromatic heterocycles. The lowest BCUT2D eigenvalue weighted by molar-refractivity contribution is -0.118. The molecule has 190 valence electrons. The van der Waals surface area contributed by atoms with Gasteiger partial charge < -0.3 is 21.4 Å². The van der Waals surface area contributed by atoms with Crippen LogP contribution in [-0.2, 0) is 29.1 Å². The number of carbonyl (C=O) groups is 2. The van der Waals surface area contributed by atoms with Crippen LogP contribution in [0, 0.1) is 5.82 Å². The number of halogens is 2. The Balaban J connectivity index is 1.39. The van der Waals surface area contributed by atoms with Crippen molar-refractivity contribution in [1.29, 1.82) is 0 Å². The molecule has 0 aliphatic heterocycles. The Morgan fingerprint density at radius 2 is 2.00 bits per heavy atom. The van der Waals surface area contributed by atoms with Crippen molar-refractivity contribution in [2.24, 2.45) is 11.6 Å². The molecule has 0 saturated carbocycles. The Hall–Kier alpha value is -4.46. The molecule has 1 atom stereocenters. The molecule has 6 N–H and O–H groups in total. The zero-order valence-corrected chi connectivity index (χ0v) is 19.2. The van der Waals surface area contributed by atoms with Gasteiger partial charge in [-0.1, -0.05) is 11.3 Å². The molecule has 0 fully saturated rings. The summed E-state index contributed by atoms with van der Waals surface area (Å²) in [6.45, 7) is -0.223. The highest BCUT2D eigenvalue weighted by atomic mass is 19.1. The van der Waals surface area contributed by atoms with Crippen molar-refractivity contribution >= 4 is 17.6 Å². The van der Waals surface area contributed by atoms with E-state index >= 15 is 0 Å². The standard InChI is InChI=1S/C22H26F2N10O2/c23-15(12-34-14-20(31-32-34)30-21(35)10-16-4-1-2-7-27-16)6-9-33(26)13-18(25)22(36)29-11-19-17(24)5-3-8-28-19/h1-5,7-8,13-15H,6,9-12,25-26H2,(H,29,36)(H,30,35)/b18-13-. The summed E-state index contributed by atoms with van der Waals surface area (Å²) in [4.78, 5) is 32.0. The molecular weight excluding hydrogens is 474 g/mol. The summed E-state index contributed by atoms with van der Waals surface area (Å²) in [6.07, 6.45) is 4.29. The summed E-state index contributed by atoms with van der Waals surface area (Å²) in [5.74, 6) is 4.42. The molecule has 1 unspecified atom stereocenters. The number of pyridine rings is 2. The third-order valence-corrected chi connectivity index (χ3v) is 4.78. The summed E-state index contributed by atoms with van der Waals surface area (Å²) < 4.78 is 29.2. The number of hydrogen-bond donors (Lipinski definition) is 4. The zero-order valence-electron chi connectivity index (χ0n) is 19.2. The average Bonchev–Trinajstić information content (AvgIpc) is 3.28. The van der Waals surface area contributed by atoms with Gasteiger partial charge in [-0.05, 0) is 30.7 Å². The highest BCUT2D eigenvalue weighted by Crippen LogP contribution is 2.07. The second-order valence-corrected chi connectivity index (χ2v) is 7.69. The lowest BCUT2D eigenvalue weighted by Crippen LogP contribution is -2.34. The number of alkyl halides is 1. The Kier molecular flexibility index (Phi) is 9.33. The Labute approximate surface area is 205 Å². The van der Waals surface area contributed by atoms with E-state index in [2.05, 4.69) is 30.9 Å². The number of rotatable bonds is 12. The van der Waals surface area contributed by atoms with Crippen molar-refractivity contribution in [3.05, 3.63) is 78.0 Å². The first-order valence-corrected chi connectivity index (χ1v) is 10.9. The molecule has 0 bridgehead atoms. The Morgan fingerprint density at radius 3 is 2.75 bits per heavy atom. The molecule has 0 spiro atoms. The minimum Gasteiger partial charge on any atom is -0.393 e. The first-order chi connectivity index (χ1) is 17.3. The molecule has 14 heteroatoms. The molecule has 2 amide bonds. The summed E-state index contributed by atoms with van der Waals surface area (Å²) in [5, 5.41) is 13.7. The molecule has 3 rings (SSSR count). The first kappa shape index (κ1) is 26.2. The fourth-order valence-corrected chi connectivity index (χ4v) is 3.00. The molecule has 3 heterocycles. The van der Waals surface area contributed by atoms with Gasteiger partial charge in [0.1, 0.15) is 17.7 Å². The van der Waals surface area contributed by atoms with E-state index in [9.17, 15) is 18.4 Å². The highest BCUT2D eigenvalue weighted by molar-refractivity contribution is 5.92. The van der Waals surface area contributed by atoms with Crippen LogP contribution < -0.4 is 22.2 Å². The third kappa shape index (κ3) is 8.39. The first-order valence-electron chi connectivity index (χ1n) is 10.9. The van der Waals surface area contributed by atoms with Crippen LogP contribution in [0.25, 0.3) is 0 Å². The highest BCUT2D eigenvalue weighted by Gasteiger charge is 2.14. The van der Waals surface area contributed by atoms with Crippen LogP contribution in [-0.4, -0.2) is 54.5 Å². The molecule has 0 aromatic carbocycles. The number of amides is 2. The van der Waals surface area contributed by atoms with Gasteiger partial charge in [0.25, 0.3) is 5.91 Å². The zero-order chi connectivity index (χ0) is 25.9. The van der Waals surface area contributed by atoms with Gasteiger partial charge in [-0.15, -0.1) is 5.10 Å². The van der Waals surface area contributed by atoms with Crippen molar-refractivity contribution in [2.45, 2.75) is 32.1 Å². The number of hydrogen-bond acceptors (Lipinski definition) is 9. The van der Waals surface area contributed by atoms with E-state index < -0.39 is 17.9 Å². The molecule has 36 heavy (non-hydrogen) atoms. The number of nitrogens with zero attached hydrogens (tertiary/aromatic N) is 6. The lowest BCUT2D eigenvalue weighted by Gasteiger charge is -2.16. The number of carbonyl (C=O) groups excluding carboxylic acids is 2.